The maximum Gasteiger partial charge on any atom is 0.0359 e. The normalized spacial score (nSPS) is 10.5. The van der Waals surface area contributed by atoms with Crippen molar-refractivity contribution in [2.75, 3.05) is 5.73 Å². The maximum atomic E-state index is 5.82. The molecular weight excluding hydrogens is 249 g/mol. The van der Waals surface area contributed by atoms with E-state index in [1.165, 1.54) is 9.13 Å². The lowest BCUT2D eigenvalue weighted by atomic mass is 10.0. The standard InChI is InChI=1S/C9H12IN/c1-6(2)8-4-3-7(10)5-9(8)11/h3-6H,11H2,1-2H3. The van der Waals surface area contributed by atoms with E-state index in [4.69, 9.17) is 5.73 Å². The molecule has 0 spiro atoms. The van der Waals surface area contributed by atoms with Crippen LogP contribution in [-0.4, -0.2) is 0 Å². The Hall–Kier alpha value is -0.250. The molecule has 1 nitrogen and oxygen atoms in total. The third kappa shape index (κ3) is 2.09. The summed E-state index contributed by atoms with van der Waals surface area (Å²) < 4.78 is 1.20. The number of halogens is 1. The molecule has 1 aromatic carbocycles. The third-order valence-electron chi connectivity index (χ3n) is 1.67. The van der Waals surface area contributed by atoms with Crippen LogP contribution in [-0.2, 0) is 0 Å². The van der Waals surface area contributed by atoms with E-state index >= 15 is 0 Å². The van der Waals surface area contributed by atoms with Crippen molar-refractivity contribution in [1.82, 2.24) is 0 Å². The summed E-state index contributed by atoms with van der Waals surface area (Å²) in [5, 5.41) is 0. The van der Waals surface area contributed by atoms with E-state index in [0.29, 0.717) is 5.92 Å². The van der Waals surface area contributed by atoms with Crippen LogP contribution < -0.4 is 5.73 Å². The Kier molecular flexibility index (Phi) is 2.76. The van der Waals surface area contributed by atoms with Gasteiger partial charge in [-0.05, 0) is 46.2 Å². The zero-order valence-electron chi connectivity index (χ0n) is 6.76. The quantitative estimate of drug-likeness (QED) is 0.610. The maximum absolute atomic E-state index is 5.82. The minimum atomic E-state index is 0.520. The molecule has 1 aromatic rings. The van der Waals surface area contributed by atoms with Gasteiger partial charge in [0.15, 0.2) is 0 Å². The zero-order chi connectivity index (χ0) is 8.43. The average molecular weight is 261 g/mol. The molecule has 11 heavy (non-hydrogen) atoms. The summed E-state index contributed by atoms with van der Waals surface area (Å²) in [7, 11) is 0. The second kappa shape index (κ2) is 3.43. The highest BCUT2D eigenvalue weighted by Crippen LogP contribution is 2.22. The van der Waals surface area contributed by atoms with Crippen molar-refractivity contribution in [2.24, 2.45) is 0 Å². The van der Waals surface area contributed by atoms with Gasteiger partial charge in [0.05, 0.1) is 0 Å². The van der Waals surface area contributed by atoms with E-state index in [1.54, 1.807) is 0 Å². The lowest BCUT2D eigenvalue weighted by Gasteiger charge is -2.08. The van der Waals surface area contributed by atoms with Crippen LogP contribution in [0, 0.1) is 3.57 Å². The molecule has 0 bridgehead atoms. The highest BCUT2D eigenvalue weighted by Gasteiger charge is 2.02. The highest BCUT2D eigenvalue weighted by atomic mass is 127. The molecule has 1 rings (SSSR count). The molecule has 0 heterocycles. The van der Waals surface area contributed by atoms with Gasteiger partial charge in [-0.25, -0.2) is 0 Å². The molecule has 0 saturated carbocycles. The fourth-order valence-electron chi connectivity index (χ4n) is 1.07. The number of anilines is 1. The molecule has 2 N–H and O–H groups in total. The SMILES string of the molecule is CC(C)c1ccc(I)cc1N. The summed E-state index contributed by atoms with van der Waals surface area (Å²) in [5.74, 6) is 0.520. The molecule has 0 amide bonds. The van der Waals surface area contributed by atoms with Crippen LogP contribution in [0.5, 0.6) is 0 Å². The summed E-state index contributed by atoms with van der Waals surface area (Å²) in [6.07, 6.45) is 0. The molecule has 0 aliphatic heterocycles. The number of hydrogen-bond donors (Lipinski definition) is 1. The Bertz CT molecular complexity index is 256. The van der Waals surface area contributed by atoms with Crippen molar-refractivity contribution in [3.05, 3.63) is 27.3 Å². The summed E-state index contributed by atoms with van der Waals surface area (Å²) in [6.45, 7) is 4.30. The highest BCUT2D eigenvalue weighted by molar-refractivity contribution is 14.1. The first-order valence-corrected chi connectivity index (χ1v) is 4.74. The minimum Gasteiger partial charge on any atom is -0.398 e. The topological polar surface area (TPSA) is 26.0 Å². The zero-order valence-corrected chi connectivity index (χ0v) is 8.92. The van der Waals surface area contributed by atoms with Crippen molar-refractivity contribution in [1.29, 1.82) is 0 Å². The van der Waals surface area contributed by atoms with Gasteiger partial charge in [-0.2, -0.15) is 0 Å². The van der Waals surface area contributed by atoms with E-state index in [2.05, 4.69) is 48.6 Å². The summed E-state index contributed by atoms with van der Waals surface area (Å²) >= 11 is 2.27. The molecule has 0 fully saturated rings. The molecule has 0 aromatic heterocycles. The summed E-state index contributed by atoms with van der Waals surface area (Å²) in [4.78, 5) is 0. The lowest BCUT2D eigenvalue weighted by Crippen LogP contribution is -1.96. The van der Waals surface area contributed by atoms with Crippen molar-refractivity contribution >= 4 is 28.3 Å². The predicted octanol–water partition coefficient (Wildman–Crippen LogP) is 3.00. The van der Waals surface area contributed by atoms with Crippen LogP contribution in [0.4, 0.5) is 5.69 Å². The fourth-order valence-corrected chi connectivity index (χ4v) is 1.59. The molecule has 0 saturated heterocycles. The Morgan fingerprint density at radius 2 is 2.00 bits per heavy atom. The van der Waals surface area contributed by atoms with Crippen molar-refractivity contribution in [3.8, 4) is 0 Å². The molecule has 60 valence electrons. The minimum absolute atomic E-state index is 0.520. The van der Waals surface area contributed by atoms with Gasteiger partial charge in [0.2, 0.25) is 0 Å². The number of hydrogen-bond acceptors (Lipinski definition) is 1. The van der Waals surface area contributed by atoms with Crippen LogP contribution in [0.2, 0.25) is 0 Å². The largest absolute Gasteiger partial charge is 0.398 e. The lowest BCUT2D eigenvalue weighted by molar-refractivity contribution is 0.869. The molecule has 0 radical (unpaired) electrons. The Morgan fingerprint density at radius 1 is 1.36 bits per heavy atom. The first-order chi connectivity index (χ1) is 5.11. The van der Waals surface area contributed by atoms with Gasteiger partial charge >= 0.3 is 0 Å². The van der Waals surface area contributed by atoms with Gasteiger partial charge in [0, 0.05) is 9.26 Å². The summed E-state index contributed by atoms with van der Waals surface area (Å²) in [6, 6.07) is 6.20. The van der Waals surface area contributed by atoms with Crippen LogP contribution in [0.25, 0.3) is 0 Å². The van der Waals surface area contributed by atoms with Gasteiger partial charge in [-0.15, -0.1) is 0 Å². The fraction of sp³-hybridized carbons (Fsp3) is 0.333. The monoisotopic (exact) mass is 261 g/mol. The van der Waals surface area contributed by atoms with Crippen molar-refractivity contribution < 1.29 is 0 Å². The molecule has 0 atom stereocenters. The Balaban J connectivity index is 3.09. The van der Waals surface area contributed by atoms with Crippen molar-refractivity contribution in [3.63, 3.8) is 0 Å². The smallest absolute Gasteiger partial charge is 0.0359 e. The number of benzene rings is 1. The number of nitrogens with two attached hydrogens (primary N) is 1. The predicted molar refractivity (Wildman–Crippen MR) is 57.7 cm³/mol. The van der Waals surface area contributed by atoms with Gasteiger partial charge in [0.1, 0.15) is 0 Å². The average Bonchev–Trinajstić information content (AvgIpc) is 1.85. The van der Waals surface area contributed by atoms with E-state index in [9.17, 15) is 0 Å². The van der Waals surface area contributed by atoms with E-state index in [-0.39, 0.29) is 0 Å². The number of nitrogen functional groups attached to an aromatic ring is 1. The second-order valence-corrected chi connectivity index (χ2v) is 4.17. The summed E-state index contributed by atoms with van der Waals surface area (Å²) in [5.41, 5.74) is 7.97. The Morgan fingerprint density at radius 3 is 2.45 bits per heavy atom. The first-order valence-electron chi connectivity index (χ1n) is 3.66. The Labute approximate surface area is 81.1 Å². The molecule has 2 heteroatoms. The molecule has 0 unspecified atom stereocenters. The molecular formula is C9H12IN. The molecule has 0 aliphatic carbocycles. The van der Waals surface area contributed by atoms with Crippen LogP contribution in [0.1, 0.15) is 25.3 Å². The third-order valence-corrected chi connectivity index (χ3v) is 2.34. The van der Waals surface area contributed by atoms with Gasteiger partial charge in [-0.1, -0.05) is 19.9 Å². The van der Waals surface area contributed by atoms with Crippen LogP contribution in [0.3, 0.4) is 0 Å². The van der Waals surface area contributed by atoms with Gasteiger partial charge in [0.25, 0.3) is 0 Å². The van der Waals surface area contributed by atoms with Crippen LogP contribution in [0.15, 0.2) is 18.2 Å². The first kappa shape index (κ1) is 8.84. The second-order valence-electron chi connectivity index (χ2n) is 2.93. The number of rotatable bonds is 1. The van der Waals surface area contributed by atoms with E-state index < -0.39 is 0 Å². The van der Waals surface area contributed by atoms with E-state index in [0.717, 1.165) is 5.69 Å². The van der Waals surface area contributed by atoms with Gasteiger partial charge < -0.3 is 5.73 Å². The molecule has 0 aliphatic rings. The van der Waals surface area contributed by atoms with Crippen molar-refractivity contribution in [2.45, 2.75) is 19.8 Å². The van der Waals surface area contributed by atoms with Crippen LogP contribution >= 0.6 is 22.6 Å². The van der Waals surface area contributed by atoms with E-state index in [1.807, 2.05) is 6.07 Å². The van der Waals surface area contributed by atoms with Gasteiger partial charge in [-0.3, -0.25) is 0 Å².